The molecule has 0 aliphatic heterocycles. The van der Waals surface area contributed by atoms with Gasteiger partial charge in [-0.3, -0.25) is 4.57 Å². The van der Waals surface area contributed by atoms with E-state index in [1.807, 2.05) is 0 Å². The van der Waals surface area contributed by atoms with Crippen molar-refractivity contribution in [2.45, 2.75) is 13.1 Å². The Bertz CT molecular complexity index is 933. The molecule has 2 rings (SSSR count). The molecule has 2 aromatic rings. The van der Waals surface area contributed by atoms with Gasteiger partial charge in [-0.15, -0.1) is 0 Å². The van der Waals surface area contributed by atoms with Gasteiger partial charge in [0.25, 0.3) is 0 Å². The van der Waals surface area contributed by atoms with Crippen molar-refractivity contribution in [2.75, 3.05) is 11.9 Å². The molecule has 0 bridgehead atoms. The lowest BCUT2D eigenvalue weighted by Gasteiger charge is -2.13. The van der Waals surface area contributed by atoms with Crippen molar-refractivity contribution in [3.63, 3.8) is 0 Å². The van der Waals surface area contributed by atoms with Gasteiger partial charge in [-0.05, 0) is 82.6 Å². The Hall–Kier alpha value is -1.55. The monoisotopic (exact) mass is 538 g/mol. The van der Waals surface area contributed by atoms with E-state index in [0.717, 1.165) is 6.07 Å². The van der Waals surface area contributed by atoms with E-state index in [9.17, 15) is 22.5 Å². The van der Waals surface area contributed by atoms with Crippen LogP contribution in [0.3, 0.4) is 0 Å². The highest BCUT2D eigenvalue weighted by Gasteiger charge is 2.32. The number of hydrogen-bond acceptors (Lipinski definition) is 5. The van der Waals surface area contributed by atoms with Crippen molar-refractivity contribution < 1.29 is 32.7 Å². The number of phenols is 1. The maximum absolute atomic E-state index is 12.6. The number of rotatable bonds is 3. The molecule has 0 aromatic heterocycles. The largest absolute Gasteiger partial charge is 0.508 e. The number of phenolic OH excluding ortho intramolecular Hbond substituents is 1. The van der Waals surface area contributed by atoms with Gasteiger partial charge in [-0.1, -0.05) is 18.3 Å². The quantitative estimate of drug-likeness (QED) is 0.256. The fourth-order valence-corrected chi connectivity index (χ4v) is 1.94. The molecule has 172 valence electrons. The Kier molecular flexibility index (Phi) is 12.4. The number of aromatic hydroxyl groups is 1. The number of halogens is 6. The molecule has 14 heteroatoms. The number of carboxylic acid groups (broad SMARTS) is 1. The zero-order chi connectivity index (χ0) is 24.4. The van der Waals surface area contributed by atoms with E-state index in [-0.39, 0.29) is 23.4 Å². The van der Waals surface area contributed by atoms with Crippen LogP contribution < -0.4 is 11.1 Å². The molecule has 0 aliphatic carbocycles. The van der Waals surface area contributed by atoms with Crippen LogP contribution in [0.15, 0.2) is 42.5 Å². The molecule has 0 saturated heterocycles. The molecular formula is C17H17Cl3F3N2O4PS. The summed E-state index contributed by atoms with van der Waals surface area (Å²) in [6.45, 7) is 1.51. The van der Waals surface area contributed by atoms with Gasteiger partial charge in [-0.25, -0.2) is 4.79 Å². The second-order valence-corrected chi connectivity index (χ2v) is 12.7. The van der Waals surface area contributed by atoms with Crippen molar-refractivity contribution in [3.05, 3.63) is 59.2 Å². The molecule has 5 N–H and O–H groups in total. The zero-order valence-corrected chi connectivity index (χ0v) is 19.6. The van der Waals surface area contributed by atoms with Crippen LogP contribution in [0.2, 0.25) is 0 Å². The van der Waals surface area contributed by atoms with Crippen LogP contribution in [0, 0.1) is 6.92 Å². The first-order valence-corrected chi connectivity index (χ1v) is 12.8. The van der Waals surface area contributed by atoms with Crippen LogP contribution in [-0.2, 0) is 10.7 Å². The first-order valence-electron chi connectivity index (χ1n) is 7.93. The minimum absolute atomic E-state index is 0.0741. The Morgan fingerprint density at radius 1 is 1.16 bits per heavy atom. The topological polar surface area (TPSA) is 113 Å². The van der Waals surface area contributed by atoms with E-state index in [1.165, 1.54) is 43.3 Å². The summed E-state index contributed by atoms with van der Waals surface area (Å²) in [5.74, 6) is -0.912. The lowest BCUT2D eigenvalue weighted by molar-refractivity contribution is -0.138. The number of thiocarbonyl (C=S) groups is 1. The number of hydrogen-bond donors (Lipinski definition) is 4. The van der Waals surface area contributed by atoms with Crippen LogP contribution in [0.25, 0.3) is 0 Å². The molecular weight excluding hydrogens is 523 g/mol. The van der Waals surface area contributed by atoms with E-state index in [4.69, 9.17) is 28.2 Å². The average molecular weight is 540 g/mol. The van der Waals surface area contributed by atoms with Crippen LogP contribution in [0.4, 0.5) is 18.9 Å². The third-order valence-electron chi connectivity index (χ3n) is 3.13. The van der Waals surface area contributed by atoms with Crippen molar-refractivity contribution in [1.82, 2.24) is 0 Å². The number of nitrogens with two attached hydrogens (primary N) is 1. The predicted molar refractivity (Wildman–Crippen MR) is 122 cm³/mol. The summed E-state index contributed by atoms with van der Waals surface area (Å²) >= 11 is 18.6. The summed E-state index contributed by atoms with van der Waals surface area (Å²) in [7, 11) is 0. The third-order valence-corrected chi connectivity index (χ3v) is 3.40. The molecule has 0 heterocycles. The summed E-state index contributed by atoms with van der Waals surface area (Å²) in [5, 5.41) is 16.6. The molecule has 0 amide bonds. The minimum Gasteiger partial charge on any atom is -0.508 e. The Morgan fingerprint density at radius 2 is 1.65 bits per heavy atom. The summed E-state index contributed by atoms with van der Waals surface area (Å²) in [4.78, 5) is 10.5. The van der Waals surface area contributed by atoms with Gasteiger partial charge in [0, 0.05) is 12.2 Å². The van der Waals surface area contributed by atoms with Gasteiger partial charge >= 0.3 is 17.3 Å². The molecule has 0 spiro atoms. The fourth-order valence-electron chi connectivity index (χ4n) is 1.82. The summed E-state index contributed by atoms with van der Waals surface area (Å²) in [5.41, 5.74) is 5.23. The second kappa shape index (κ2) is 13.1. The van der Waals surface area contributed by atoms with Gasteiger partial charge in [0.1, 0.15) is 5.75 Å². The van der Waals surface area contributed by atoms with Crippen LogP contribution in [-0.4, -0.2) is 27.7 Å². The maximum Gasteiger partial charge on any atom is 0.416 e. The Balaban J connectivity index is 0.000000509. The van der Waals surface area contributed by atoms with Crippen LogP contribution in [0.5, 0.6) is 5.75 Å². The fraction of sp³-hybridized carbons (Fsp3) is 0.176. The molecule has 0 saturated carbocycles. The summed E-state index contributed by atoms with van der Waals surface area (Å²) < 4.78 is 47.2. The normalized spacial score (nSPS) is 10.7. The average Bonchev–Trinajstić information content (AvgIpc) is 2.62. The minimum atomic E-state index is -4.36. The number of carboxylic acids is 1. The van der Waals surface area contributed by atoms with Gasteiger partial charge in [-0.2, -0.15) is 13.2 Å². The highest BCUT2D eigenvalue weighted by atomic mass is 36.0. The highest BCUT2D eigenvalue weighted by Crippen LogP contribution is 2.61. The van der Waals surface area contributed by atoms with Crippen LogP contribution >= 0.6 is 51.1 Å². The second-order valence-electron chi connectivity index (χ2n) is 5.53. The van der Waals surface area contributed by atoms with Crippen molar-refractivity contribution in [3.8, 4) is 5.75 Å². The highest BCUT2D eigenvalue weighted by molar-refractivity contribution is 8.24. The Morgan fingerprint density at radius 3 is 2.03 bits per heavy atom. The first kappa shape index (κ1) is 29.5. The summed E-state index contributed by atoms with van der Waals surface area (Å²) in [6, 6.07) is 9.32. The van der Waals surface area contributed by atoms with Crippen molar-refractivity contribution in [2.24, 2.45) is 5.73 Å². The van der Waals surface area contributed by atoms with E-state index in [1.54, 1.807) is 0 Å². The summed E-state index contributed by atoms with van der Waals surface area (Å²) in [6.07, 6.45) is -4.36. The number of alkyl halides is 3. The van der Waals surface area contributed by atoms with Crippen molar-refractivity contribution in [1.29, 1.82) is 0 Å². The lowest BCUT2D eigenvalue weighted by atomic mass is 10.1. The van der Waals surface area contributed by atoms with Gasteiger partial charge in [0.2, 0.25) is 0 Å². The van der Waals surface area contributed by atoms with Gasteiger partial charge < -0.3 is 21.3 Å². The number of aryl methyl sites for hydroxylation is 1. The third kappa shape index (κ3) is 14.2. The molecule has 6 nitrogen and oxygen atoms in total. The van der Waals surface area contributed by atoms with Gasteiger partial charge in [0.05, 0.1) is 16.1 Å². The molecule has 0 fully saturated rings. The molecule has 0 atom stereocenters. The molecule has 31 heavy (non-hydrogen) atoms. The molecule has 2 aromatic carbocycles. The van der Waals surface area contributed by atoms with Gasteiger partial charge in [0.15, 0.2) is 0 Å². The molecule has 0 radical (unpaired) electrons. The van der Waals surface area contributed by atoms with Crippen LogP contribution in [0.1, 0.15) is 21.5 Å². The smallest absolute Gasteiger partial charge is 0.416 e. The molecule has 0 unspecified atom stereocenters. The van der Waals surface area contributed by atoms with E-state index < -0.39 is 22.9 Å². The predicted octanol–water partition coefficient (Wildman–Crippen LogP) is 6.61. The van der Waals surface area contributed by atoms with E-state index >= 15 is 0 Å². The maximum atomic E-state index is 12.6. The number of anilines is 1. The first-order chi connectivity index (χ1) is 14.0. The number of nitrogens with one attached hydrogen (secondary N) is 1. The standard InChI is InChI=1S/C10H11F3N2S.C7H6O3.Cl3OP/c1-6-2-3-7(15-9(16)5-14)4-8(6)10(11,12)13;8-6-3-1-5(2-4-6)7(9)10;1-5(2,3)4/h2-4H,5,14H2,1H3,(H,15,16);1-4,8H,(H,9,10);. The zero-order valence-electron chi connectivity index (χ0n) is 15.7. The van der Waals surface area contributed by atoms with E-state index in [2.05, 4.69) is 39.0 Å². The molecule has 0 aliphatic rings. The Labute approximate surface area is 195 Å². The van der Waals surface area contributed by atoms with E-state index in [0.29, 0.717) is 10.7 Å². The van der Waals surface area contributed by atoms with Crippen molar-refractivity contribution >= 4 is 67.8 Å². The number of benzene rings is 2. The SMILES string of the molecule is Cc1ccc(NC(=S)CN)cc1C(F)(F)F.O=C(O)c1ccc(O)cc1.O=P(Cl)(Cl)Cl. The lowest BCUT2D eigenvalue weighted by Crippen LogP contribution is -2.20. The number of carbonyl (C=O) groups is 1. The number of aromatic carboxylic acids is 1.